The Morgan fingerprint density at radius 3 is 2.76 bits per heavy atom. The van der Waals surface area contributed by atoms with Gasteiger partial charge in [-0.1, -0.05) is 18.2 Å². The van der Waals surface area contributed by atoms with Gasteiger partial charge in [0.05, 0.1) is 19.3 Å². The molecule has 0 aliphatic carbocycles. The Hall–Kier alpha value is -1.36. The first-order valence-corrected chi connectivity index (χ1v) is 7.60. The monoisotopic (exact) mass is 290 g/mol. The topological polar surface area (TPSA) is 35.4 Å². The van der Waals surface area contributed by atoms with Crippen molar-refractivity contribution in [1.29, 1.82) is 0 Å². The molecule has 0 spiro atoms. The summed E-state index contributed by atoms with van der Waals surface area (Å²) in [6.45, 7) is 8.23. The van der Waals surface area contributed by atoms with Gasteiger partial charge in [-0.15, -0.1) is 0 Å². The highest BCUT2D eigenvalue weighted by atomic mass is 16.5. The molecule has 0 aliphatic heterocycles. The van der Waals surface area contributed by atoms with Crippen LogP contribution in [0.2, 0.25) is 0 Å². The highest BCUT2D eigenvalue weighted by Crippen LogP contribution is 2.21. The average molecular weight is 290 g/mol. The van der Waals surface area contributed by atoms with Gasteiger partial charge in [-0.05, 0) is 25.5 Å². The number of rotatable bonds is 9. The third kappa shape index (κ3) is 4.56. The van der Waals surface area contributed by atoms with Crippen molar-refractivity contribution in [2.45, 2.75) is 33.0 Å². The van der Waals surface area contributed by atoms with Crippen molar-refractivity contribution in [2.75, 3.05) is 26.9 Å². The second-order valence-electron chi connectivity index (χ2n) is 5.45. The smallest absolute Gasteiger partial charge is 0.0649 e. The van der Waals surface area contributed by atoms with Crippen LogP contribution in [-0.4, -0.2) is 37.5 Å². The van der Waals surface area contributed by atoms with Gasteiger partial charge in [0.15, 0.2) is 0 Å². The maximum absolute atomic E-state index is 5.66. The molecule has 0 aliphatic rings. The number of hydrogen-bond donors (Lipinski definition) is 1. The van der Waals surface area contributed by atoms with Gasteiger partial charge in [0.1, 0.15) is 0 Å². The molecule has 4 heteroatoms. The van der Waals surface area contributed by atoms with Gasteiger partial charge < -0.3 is 19.4 Å². The molecule has 1 heterocycles. The third-order valence-electron chi connectivity index (χ3n) is 3.45. The normalized spacial score (nSPS) is 11.6. The van der Waals surface area contributed by atoms with Crippen LogP contribution in [0, 0.1) is 0 Å². The van der Waals surface area contributed by atoms with Gasteiger partial charge in [-0.3, -0.25) is 0 Å². The van der Waals surface area contributed by atoms with Crippen molar-refractivity contribution in [2.24, 2.45) is 0 Å². The summed E-state index contributed by atoms with van der Waals surface area (Å²) in [6, 6.07) is 8.53. The first-order chi connectivity index (χ1) is 10.2. The van der Waals surface area contributed by atoms with E-state index in [0.717, 1.165) is 32.8 Å². The lowest BCUT2D eigenvalue weighted by Crippen LogP contribution is -2.18. The van der Waals surface area contributed by atoms with E-state index in [1.807, 2.05) is 0 Å². The molecule has 1 aromatic carbocycles. The Morgan fingerprint density at radius 1 is 1.19 bits per heavy atom. The zero-order valence-electron chi connectivity index (χ0n) is 13.3. The molecule has 0 unspecified atom stereocenters. The molecule has 0 amide bonds. The lowest BCUT2D eigenvalue weighted by molar-refractivity contribution is 0.0733. The molecule has 0 atom stereocenters. The Labute approximate surface area is 127 Å². The summed E-state index contributed by atoms with van der Waals surface area (Å²) >= 11 is 0. The molecule has 21 heavy (non-hydrogen) atoms. The summed E-state index contributed by atoms with van der Waals surface area (Å²) in [5.74, 6) is 0. The SMILES string of the molecule is COCCNCc1cn(CCOC(C)C)c2ccccc12. The Bertz CT molecular complexity index is 549. The molecule has 1 N–H and O–H groups in total. The minimum atomic E-state index is 0.280. The fourth-order valence-electron chi connectivity index (χ4n) is 2.43. The number of hydrogen-bond acceptors (Lipinski definition) is 3. The van der Waals surface area contributed by atoms with Gasteiger partial charge in [0, 0.05) is 43.8 Å². The zero-order chi connectivity index (χ0) is 15.1. The standard InChI is InChI=1S/C17H26N2O2/c1-14(2)21-11-9-19-13-15(12-18-8-10-20-3)16-6-4-5-7-17(16)19/h4-7,13-14,18H,8-12H2,1-3H3. The van der Waals surface area contributed by atoms with E-state index in [1.54, 1.807) is 7.11 Å². The van der Waals surface area contributed by atoms with Crippen LogP contribution in [0.3, 0.4) is 0 Å². The predicted octanol–water partition coefficient (Wildman–Crippen LogP) is 2.80. The molecule has 2 rings (SSSR count). The van der Waals surface area contributed by atoms with Crippen molar-refractivity contribution in [3.8, 4) is 0 Å². The lowest BCUT2D eigenvalue weighted by Gasteiger charge is -2.09. The largest absolute Gasteiger partial charge is 0.383 e. The molecule has 1 aromatic heterocycles. The zero-order valence-corrected chi connectivity index (χ0v) is 13.3. The van der Waals surface area contributed by atoms with Crippen LogP contribution >= 0.6 is 0 Å². The van der Waals surface area contributed by atoms with Crippen LogP contribution in [0.25, 0.3) is 10.9 Å². The minimum absolute atomic E-state index is 0.280. The van der Waals surface area contributed by atoms with E-state index >= 15 is 0 Å². The van der Waals surface area contributed by atoms with E-state index in [9.17, 15) is 0 Å². The highest BCUT2D eigenvalue weighted by molar-refractivity contribution is 5.83. The number of ether oxygens (including phenoxy) is 2. The van der Waals surface area contributed by atoms with Crippen LogP contribution in [0.4, 0.5) is 0 Å². The molecule has 0 fully saturated rings. The number of methoxy groups -OCH3 is 1. The maximum Gasteiger partial charge on any atom is 0.0649 e. The lowest BCUT2D eigenvalue weighted by atomic mass is 10.2. The van der Waals surface area contributed by atoms with Gasteiger partial charge >= 0.3 is 0 Å². The minimum Gasteiger partial charge on any atom is -0.383 e. The molecule has 0 radical (unpaired) electrons. The average Bonchev–Trinajstić information content (AvgIpc) is 2.82. The molecule has 0 saturated heterocycles. The van der Waals surface area contributed by atoms with E-state index in [2.05, 4.69) is 54.2 Å². The van der Waals surface area contributed by atoms with Crippen molar-refractivity contribution < 1.29 is 9.47 Å². The molecular weight excluding hydrogens is 264 g/mol. The Kier molecular flexibility index (Phi) is 6.23. The van der Waals surface area contributed by atoms with E-state index in [1.165, 1.54) is 16.5 Å². The van der Waals surface area contributed by atoms with Crippen molar-refractivity contribution in [3.05, 3.63) is 36.0 Å². The van der Waals surface area contributed by atoms with E-state index in [0.29, 0.717) is 0 Å². The van der Waals surface area contributed by atoms with Crippen molar-refractivity contribution in [3.63, 3.8) is 0 Å². The second kappa shape index (κ2) is 8.17. The van der Waals surface area contributed by atoms with Crippen molar-refractivity contribution >= 4 is 10.9 Å². The molecule has 4 nitrogen and oxygen atoms in total. The number of para-hydroxylation sites is 1. The van der Waals surface area contributed by atoms with Crippen LogP contribution in [-0.2, 0) is 22.6 Å². The number of benzene rings is 1. The van der Waals surface area contributed by atoms with E-state index in [-0.39, 0.29) is 6.10 Å². The number of nitrogens with one attached hydrogen (secondary N) is 1. The number of aromatic nitrogens is 1. The Balaban J connectivity index is 2.06. The third-order valence-corrected chi connectivity index (χ3v) is 3.45. The maximum atomic E-state index is 5.66. The van der Waals surface area contributed by atoms with E-state index < -0.39 is 0 Å². The fraction of sp³-hybridized carbons (Fsp3) is 0.529. The quantitative estimate of drug-likeness (QED) is 0.721. The highest BCUT2D eigenvalue weighted by Gasteiger charge is 2.07. The summed E-state index contributed by atoms with van der Waals surface area (Å²) in [4.78, 5) is 0. The number of nitrogens with zero attached hydrogens (tertiary/aromatic N) is 1. The van der Waals surface area contributed by atoms with Gasteiger partial charge in [-0.2, -0.15) is 0 Å². The van der Waals surface area contributed by atoms with Gasteiger partial charge in [-0.25, -0.2) is 0 Å². The second-order valence-corrected chi connectivity index (χ2v) is 5.45. The van der Waals surface area contributed by atoms with E-state index in [4.69, 9.17) is 9.47 Å². The summed E-state index contributed by atoms with van der Waals surface area (Å²) in [5, 5.41) is 4.72. The fourth-order valence-corrected chi connectivity index (χ4v) is 2.43. The molecule has 2 aromatic rings. The Morgan fingerprint density at radius 2 is 2.00 bits per heavy atom. The summed E-state index contributed by atoms with van der Waals surface area (Å²) in [5.41, 5.74) is 2.60. The first kappa shape index (κ1) is 16.0. The van der Waals surface area contributed by atoms with Crippen LogP contribution in [0.5, 0.6) is 0 Å². The van der Waals surface area contributed by atoms with Crippen LogP contribution < -0.4 is 5.32 Å². The van der Waals surface area contributed by atoms with Gasteiger partial charge in [0.2, 0.25) is 0 Å². The summed E-state index contributed by atoms with van der Waals surface area (Å²) < 4.78 is 13.0. The van der Waals surface area contributed by atoms with Gasteiger partial charge in [0.25, 0.3) is 0 Å². The first-order valence-electron chi connectivity index (χ1n) is 7.60. The van der Waals surface area contributed by atoms with Crippen molar-refractivity contribution in [1.82, 2.24) is 9.88 Å². The molecule has 116 valence electrons. The van der Waals surface area contributed by atoms with Crippen LogP contribution in [0.1, 0.15) is 19.4 Å². The number of fused-ring (bicyclic) bond motifs is 1. The molecule has 0 bridgehead atoms. The summed E-state index contributed by atoms with van der Waals surface area (Å²) in [7, 11) is 1.72. The molecular formula is C17H26N2O2. The van der Waals surface area contributed by atoms with Crippen LogP contribution in [0.15, 0.2) is 30.5 Å². The predicted molar refractivity (Wildman–Crippen MR) is 86.6 cm³/mol. The summed E-state index contributed by atoms with van der Waals surface area (Å²) in [6.07, 6.45) is 2.51. The molecule has 0 saturated carbocycles.